The first kappa shape index (κ1) is 22.5. The number of carbonyl (C=O) groups excluding carboxylic acids is 4. The predicted octanol–water partition coefficient (Wildman–Crippen LogP) is 3.05. The second-order valence-corrected chi connectivity index (χ2v) is 9.41. The number of aromatic nitrogens is 1. The molecule has 1 fully saturated rings. The van der Waals surface area contributed by atoms with Crippen LogP contribution in [0.1, 0.15) is 48.2 Å². The van der Waals surface area contributed by atoms with Crippen LogP contribution in [-0.4, -0.2) is 39.7 Å². The first-order valence-electron chi connectivity index (χ1n) is 11.4. The van der Waals surface area contributed by atoms with Gasteiger partial charge < -0.3 is 15.5 Å². The summed E-state index contributed by atoms with van der Waals surface area (Å²) in [5.74, 6) is -1.03. The maximum absolute atomic E-state index is 12.9. The molecule has 9 heteroatoms. The molecule has 0 aliphatic carbocycles. The minimum absolute atomic E-state index is 0.201. The van der Waals surface area contributed by atoms with Gasteiger partial charge in [0.15, 0.2) is 0 Å². The molecule has 3 heterocycles. The lowest BCUT2D eigenvalue weighted by Crippen LogP contribution is -2.52. The van der Waals surface area contributed by atoms with Gasteiger partial charge >= 0.3 is 6.03 Å². The van der Waals surface area contributed by atoms with Gasteiger partial charge in [0.25, 0.3) is 5.91 Å². The van der Waals surface area contributed by atoms with E-state index >= 15 is 0 Å². The number of hydrogen-bond acceptors (Lipinski definition) is 5. The topological polar surface area (TPSA) is 120 Å². The summed E-state index contributed by atoms with van der Waals surface area (Å²) in [6, 6.07) is 11.9. The van der Waals surface area contributed by atoms with E-state index in [0.717, 1.165) is 21.9 Å². The van der Waals surface area contributed by atoms with Crippen molar-refractivity contribution in [2.45, 2.75) is 44.8 Å². The summed E-state index contributed by atoms with van der Waals surface area (Å²) in [5, 5.41) is 10.2. The summed E-state index contributed by atoms with van der Waals surface area (Å²) in [6.07, 6.45) is 4.04. The lowest BCUT2D eigenvalue weighted by atomic mass is 9.92. The van der Waals surface area contributed by atoms with Crippen LogP contribution in [0.15, 0.2) is 54.9 Å². The Kier molecular flexibility index (Phi) is 5.47. The van der Waals surface area contributed by atoms with E-state index in [0.29, 0.717) is 17.7 Å². The monoisotopic (exact) mass is 471 g/mol. The molecule has 2 aromatic carbocycles. The predicted molar refractivity (Wildman–Crippen MR) is 129 cm³/mol. The van der Waals surface area contributed by atoms with E-state index in [1.807, 2.05) is 38.1 Å². The number of hydrogen-bond donors (Lipinski definition) is 3. The van der Waals surface area contributed by atoms with E-state index in [1.54, 1.807) is 30.6 Å². The molecule has 5 rings (SSSR count). The van der Waals surface area contributed by atoms with E-state index in [1.165, 1.54) is 4.90 Å². The number of imide groups is 1. The zero-order chi connectivity index (χ0) is 24.7. The molecule has 0 spiro atoms. The van der Waals surface area contributed by atoms with E-state index in [4.69, 9.17) is 0 Å². The number of nitrogens with one attached hydrogen (secondary N) is 3. The molecule has 2 aliphatic heterocycles. The van der Waals surface area contributed by atoms with Crippen LogP contribution >= 0.6 is 0 Å². The summed E-state index contributed by atoms with van der Waals surface area (Å²) in [7, 11) is 0. The van der Waals surface area contributed by atoms with Gasteiger partial charge in [-0.2, -0.15) is 0 Å². The minimum Gasteiger partial charge on any atom is -0.329 e. The van der Waals surface area contributed by atoms with Crippen LogP contribution in [0.5, 0.6) is 0 Å². The number of nitrogens with zero attached hydrogens (tertiary/aromatic N) is 2. The van der Waals surface area contributed by atoms with Gasteiger partial charge in [0.1, 0.15) is 6.04 Å². The molecular weight excluding hydrogens is 446 g/mol. The van der Waals surface area contributed by atoms with Gasteiger partial charge in [-0.15, -0.1) is 0 Å². The highest BCUT2D eigenvalue weighted by Gasteiger charge is 2.39. The number of fused-ring (bicyclic) bond motifs is 2. The normalized spacial score (nSPS) is 17.8. The van der Waals surface area contributed by atoms with Crippen LogP contribution in [-0.2, 0) is 21.7 Å². The number of amides is 5. The number of piperidine rings is 1. The molecule has 0 radical (unpaired) electrons. The second kappa shape index (κ2) is 8.50. The molecule has 178 valence electrons. The Morgan fingerprint density at radius 3 is 2.71 bits per heavy atom. The lowest BCUT2D eigenvalue weighted by Gasteiger charge is -2.29. The van der Waals surface area contributed by atoms with Gasteiger partial charge in [0.05, 0.1) is 5.54 Å². The van der Waals surface area contributed by atoms with Crippen molar-refractivity contribution in [3.63, 3.8) is 0 Å². The molecule has 1 aromatic heterocycles. The molecule has 1 atom stereocenters. The Labute approximate surface area is 201 Å². The molecule has 3 aromatic rings. The van der Waals surface area contributed by atoms with Crippen molar-refractivity contribution in [2.24, 2.45) is 0 Å². The maximum Gasteiger partial charge on any atom is 0.319 e. The SMILES string of the molecule is CC(C)(NC(=O)Nc1ccc2c(c1)CN(C1CCC(=O)NC1=O)C2=O)c1ccc2ccncc2c1. The van der Waals surface area contributed by atoms with Crippen LogP contribution in [0.25, 0.3) is 10.8 Å². The number of rotatable bonds is 4. The third-order valence-electron chi connectivity index (χ3n) is 6.57. The third kappa shape index (κ3) is 4.32. The third-order valence-corrected chi connectivity index (χ3v) is 6.57. The smallest absolute Gasteiger partial charge is 0.319 e. The minimum atomic E-state index is -0.676. The van der Waals surface area contributed by atoms with Gasteiger partial charge in [-0.3, -0.25) is 24.7 Å². The molecular formula is C26H25N5O4. The van der Waals surface area contributed by atoms with Crippen molar-refractivity contribution in [1.82, 2.24) is 20.5 Å². The van der Waals surface area contributed by atoms with E-state index in [2.05, 4.69) is 20.9 Å². The Bertz CT molecular complexity index is 1380. The van der Waals surface area contributed by atoms with Crippen LogP contribution in [0.3, 0.4) is 0 Å². The summed E-state index contributed by atoms with van der Waals surface area (Å²) in [5.41, 5.74) is 2.04. The number of pyridine rings is 1. The van der Waals surface area contributed by atoms with Gasteiger partial charge in [-0.1, -0.05) is 12.1 Å². The largest absolute Gasteiger partial charge is 0.329 e. The van der Waals surface area contributed by atoms with Gasteiger partial charge in [-0.05, 0) is 67.1 Å². The van der Waals surface area contributed by atoms with Crippen LogP contribution in [0.2, 0.25) is 0 Å². The maximum atomic E-state index is 12.9. The van der Waals surface area contributed by atoms with Crippen LogP contribution in [0.4, 0.5) is 10.5 Å². The fourth-order valence-corrected chi connectivity index (χ4v) is 4.64. The van der Waals surface area contributed by atoms with Gasteiger partial charge in [0.2, 0.25) is 11.8 Å². The first-order chi connectivity index (χ1) is 16.7. The van der Waals surface area contributed by atoms with Gasteiger partial charge in [-0.25, -0.2) is 4.79 Å². The van der Waals surface area contributed by atoms with Crippen LogP contribution in [0, 0.1) is 0 Å². The zero-order valence-corrected chi connectivity index (χ0v) is 19.4. The molecule has 0 saturated carbocycles. The fraction of sp³-hybridized carbons (Fsp3) is 0.269. The number of anilines is 1. The Hall–Kier alpha value is -4.27. The van der Waals surface area contributed by atoms with Crippen LogP contribution < -0.4 is 16.0 Å². The summed E-state index contributed by atoms with van der Waals surface area (Å²) >= 11 is 0. The molecule has 3 N–H and O–H groups in total. The highest BCUT2D eigenvalue weighted by atomic mass is 16.2. The second-order valence-electron chi connectivity index (χ2n) is 9.41. The van der Waals surface area contributed by atoms with Crippen molar-refractivity contribution in [2.75, 3.05) is 5.32 Å². The van der Waals surface area contributed by atoms with Gasteiger partial charge in [0, 0.05) is 42.0 Å². The lowest BCUT2D eigenvalue weighted by molar-refractivity contribution is -0.136. The van der Waals surface area contributed by atoms with Crippen molar-refractivity contribution in [3.05, 3.63) is 71.5 Å². The van der Waals surface area contributed by atoms with Crippen molar-refractivity contribution < 1.29 is 19.2 Å². The average molecular weight is 472 g/mol. The summed E-state index contributed by atoms with van der Waals surface area (Å²) in [4.78, 5) is 55.0. The number of urea groups is 1. The molecule has 0 bridgehead atoms. The molecule has 2 aliphatic rings. The highest BCUT2D eigenvalue weighted by molar-refractivity contribution is 6.05. The van der Waals surface area contributed by atoms with E-state index < -0.39 is 17.5 Å². The Morgan fingerprint density at radius 2 is 1.91 bits per heavy atom. The summed E-state index contributed by atoms with van der Waals surface area (Å²) < 4.78 is 0. The zero-order valence-electron chi connectivity index (χ0n) is 19.4. The number of benzene rings is 2. The highest BCUT2D eigenvalue weighted by Crippen LogP contribution is 2.30. The van der Waals surface area contributed by atoms with Crippen molar-refractivity contribution >= 4 is 40.2 Å². The van der Waals surface area contributed by atoms with E-state index in [9.17, 15) is 19.2 Å². The molecule has 1 saturated heterocycles. The molecule has 1 unspecified atom stereocenters. The molecule has 9 nitrogen and oxygen atoms in total. The van der Waals surface area contributed by atoms with E-state index in [-0.39, 0.29) is 30.8 Å². The average Bonchev–Trinajstić information content (AvgIpc) is 3.13. The quantitative estimate of drug-likeness (QED) is 0.505. The Morgan fingerprint density at radius 1 is 1.09 bits per heavy atom. The van der Waals surface area contributed by atoms with Crippen molar-refractivity contribution in [3.8, 4) is 0 Å². The van der Waals surface area contributed by atoms with Crippen molar-refractivity contribution in [1.29, 1.82) is 0 Å². The first-order valence-corrected chi connectivity index (χ1v) is 11.4. The standard InChI is InChI=1S/C26H25N5O4/c1-26(2,18-4-3-15-9-10-27-13-16(15)11-18)30-25(35)28-19-5-6-20-17(12-19)14-31(24(20)34)21-7-8-22(32)29-23(21)33/h3-6,9-13,21H,7-8,14H2,1-2H3,(H2,28,30,35)(H,29,32,33). The number of carbonyl (C=O) groups is 4. The molecule has 35 heavy (non-hydrogen) atoms. The molecule has 5 amide bonds. The Balaban J connectivity index is 1.27. The fourth-order valence-electron chi connectivity index (χ4n) is 4.64. The summed E-state index contributed by atoms with van der Waals surface area (Å²) in [6.45, 7) is 4.08.